The molecule has 1 N–H and O–H groups in total. The van der Waals surface area contributed by atoms with Crippen LogP contribution in [0.3, 0.4) is 0 Å². The number of para-hydroxylation sites is 1. The first-order valence-electron chi connectivity index (χ1n) is 14.1. The topological polar surface area (TPSA) is 112 Å². The van der Waals surface area contributed by atoms with Crippen LogP contribution in [0.4, 0.5) is 0 Å². The summed E-state index contributed by atoms with van der Waals surface area (Å²) < 4.78 is 18.5. The van der Waals surface area contributed by atoms with Crippen LogP contribution in [-0.4, -0.2) is 41.2 Å². The van der Waals surface area contributed by atoms with Gasteiger partial charge < -0.3 is 19.3 Å². The van der Waals surface area contributed by atoms with Crippen LogP contribution in [-0.2, 0) is 6.61 Å². The maximum Gasteiger partial charge on any atom is 0.335 e. The number of hydrogen-bond donors (Lipinski definition) is 1. The summed E-state index contributed by atoms with van der Waals surface area (Å²) in [5, 5.41) is 14.3. The van der Waals surface area contributed by atoms with E-state index in [4.69, 9.17) is 19.2 Å². The number of benzene rings is 4. The third kappa shape index (κ3) is 6.17. The molecule has 9 nitrogen and oxygen atoms in total. The Morgan fingerprint density at radius 2 is 1.73 bits per heavy atom. The summed E-state index contributed by atoms with van der Waals surface area (Å²) in [6, 6.07) is 23.0. The van der Waals surface area contributed by atoms with Crippen molar-refractivity contribution >= 4 is 23.1 Å². The minimum Gasteiger partial charge on any atom is -0.496 e. The molecule has 0 saturated carbocycles. The van der Waals surface area contributed by atoms with Gasteiger partial charge in [-0.3, -0.25) is 4.79 Å². The first-order chi connectivity index (χ1) is 21.2. The van der Waals surface area contributed by atoms with E-state index >= 15 is 0 Å². The van der Waals surface area contributed by atoms with Gasteiger partial charge in [0.25, 0.3) is 5.56 Å². The van der Waals surface area contributed by atoms with Crippen molar-refractivity contribution < 1.29 is 24.1 Å². The molecule has 224 valence electrons. The lowest BCUT2D eigenvalue weighted by Gasteiger charge is -2.17. The van der Waals surface area contributed by atoms with Gasteiger partial charge in [-0.05, 0) is 89.7 Å². The monoisotopic (exact) mass is 591 g/mol. The lowest BCUT2D eigenvalue weighted by Crippen LogP contribution is -2.20. The molecule has 0 fully saturated rings. The molecule has 9 heteroatoms. The van der Waals surface area contributed by atoms with Gasteiger partial charge in [-0.25, -0.2) is 9.78 Å². The summed E-state index contributed by atoms with van der Waals surface area (Å²) >= 11 is 0. The van der Waals surface area contributed by atoms with Gasteiger partial charge in [0.15, 0.2) is 17.3 Å². The van der Waals surface area contributed by atoms with Gasteiger partial charge in [0.1, 0.15) is 12.4 Å². The Labute approximate surface area is 255 Å². The second-order valence-electron chi connectivity index (χ2n) is 10.6. The molecule has 0 amide bonds. The Balaban J connectivity index is 1.53. The fraction of sp³-hybridized carbons (Fsp3) is 0.200. The predicted octanol–water partition coefficient (Wildman–Crippen LogP) is 6.67. The lowest BCUT2D eigenvalue weighted by atomic mass is 9.96. The van der Waals surface area contributed by atoms with Crippen LogP contribution in [0.15, 0.2) is 88.8 Å². The molecule has 0 aliphatic rings. The predicted molar refractivity (Wildman–Crippen MR) is 171 cm³/mol. The molecule has 0 bridgehead atoms. The highest BCUT2D eigenvalue weighted by Crippen LogP contribution is 2.34. The Bertz CT molecular complexity index is 1940. The van der Waals surface area contributed by atoms with Crippen molar-refractivity contribution in [1.82, 2.24) is 9.66 Å². The zero-order chi connectivity index (χ0) is 31.4. The molecule has 0 atom stereocenters. The van der Waals surface area contributed by atoms with E-state index in [2.05, 4.69) is 18.9 Å². The number of hydrogen-bond acceptors (Lipinski definition) is 7. The van der Waals surface area contributed by atoms with Crippen molar-refractivity contribution in [1.29, 1.82) is 0 Å². The standard InChI is InChI=1S/C35H33N3O6/c1-21(2)27-18-28(22(3)15-31(27)42-4)33-37-29-12-7-6-11-26(29)34(39)38(33)36-19-23-13-14-30(32(17-23)43-5)44-20-24-9-8-10-25(16-24)35(40)41/h6-19,21H,20H2,1-5H3,(H,40,41). The number of carboxylic acids is 1. The zero-order valence-corrected chi connectivity index (χ0v) is 25.2. The molecule has 0 radical (unpaired) electrons. The first kappa shape index (κ1) is 30.0. The number of aromatic nitrogens is 2. The molecule has 5 aromatic rings. The average molecular weight is 592 g/mol. The normalized spacial score (nSPS) is 11.3. The number of ether oxygens (including phenoxy) is 3. The van der Waals surface area contributed by atoms with E-state index in [-0.39, 0.29) is 23.6 Å². The Morgan fingerprint density at radius 1 is 0.955 bits per heavy atom. The van der Waals surface area contributed by atoms with Crippen molar-refractivity contribution in [3.63, 3.8) is 0 Å². The molecular formula is C35H33N3O6. The fourth-order valence-corrected chi connectivity index (χ4v) is 4.94. The highest BCUT2D eigenvalue weighted by Gasteiger charge is 2.18. The number of aromatic carboxylic acids is 1. The van der Waals surface area contributed by atoms with Crippen LogP contribution >= 0.6 is 0 Å². The number of rotatable bonds is 10. The number of nitrogens with zero attached hydrogens (tertiary/aromatic N) is 3. The van der Waals surface area contributed by atoms with Gasteiger partial charge in [-0.15, -0.1) is 0 Å². The maximum atomic E-state index is 13.8. The summed E-state index contributed by atoms with van der Waals surface area (Å²) in [5.74, 6) is 1.32. The quantitative estimate of drug-likeness (QED) is 0.181. The Morgan fingerprint density at radius 3 is 2.45 bits per heavy atom. The second-order valence-corrected chi connectivity index (χ2v) is 10.6. The van der Waals surface area contributed by atoms with Crippen LogP contribution in [0.2, 0.25) is 0 Å². The summed E-state index contributed by atoms with van der Waals surface area (Å²) in [6.07, 6.45) is 1.58. The van der Waals surface area contributed by atoms with Gasteiger partial charge in [-0.2, -0.15) is 9.78 Å². The van der Waals surface area contributed by atoms with Crippen molar-refractivity contribution in [2.24, 2.45) is 5.10 Å². The third-order valence-corrected chi connectivity index (χ3v) is 7.27. The van der Waals surface area contributed by atoms with Crippen molar-refractivity contribution in [3.8, 4) is 28.6 Å². The number of aryl methyl sites for hydroxylation is 1. The van der Waals surface area contributed by atoms with Gasteiger partial charge in [0.2, 0.25) is 0 Å². The lowest BCUT2D eigenvalue weighted by molar-refractivity contribution is 0.0696. The average Bonchev–Trinajstić information content (AvgIpc) is 3.03. The van der Waals surface area contributed by atoms with E-state index in [0.717, 1.165) is 22.4 Å². The molecule has 1 aromatic heterocycles. The largest absolute Gasteiger partial charge is 0.496 e. The highest BCUT2D eigenvalue weighted by molar-refractivity contribution is 5.87. The van der Waals surface area contributed by atoms with E-state index in [1.807, 2.05) is 31.2 Å². The minimum absolute atomic E-state index is 0.159. The van der Waals surface area contributed by atoms with E-state index < -0.39 is 5.97 Å². The van der Waals surface area contributed by atoms with E-state index in [1.54, 1.807) is 61.9 Å². The van der Waals surface area contributed by atoms with Crippen molar-refractivity contribution in [2.75, 3.05) is 14.2 Å². The van der Waals surface area contributed by atoms with Crippen molar-refractivity contribution in [3.05, 3.63) is 117 Å². The smallest absolute Gasteiger partial charge is 0.335 e. The van der Waals surface area contributed by atoms with E-state index in [9.17, 15) is 14.7 Å². The molecule has 0 aliphatic carbocycles. The number of carbonyl (C=O) groups is 1. The zero-order valence-electron chi connectivity index (χ0n) is 25.2. The molecule has 0 unspecified atom stereocenters. The first-order valence-corrected chi connectivity index (χ1v) is 14.1. The van der Waals surface area contributed by atoms with E-state index in [1.165, 1.54) is 17.9 Å². The van der Waals surface area contributed by atoms with Crippen LogP contribution in [0.1, 0.15) is 52.4 Å². The molecule has 4 aromatic carbocycles. The maximum absolute atomic E-state index is 13.8. The summed E-state index contributed by atoms with van der Waals surface area (Å²) in [7, 11) is 3.18. The summed E-state index contributed by atoms with van der Waals surface area (Å²) in [6.45, 7) is 6.29. The number of methoxy groups -OCH3 is 2. The number of carboxylic acid groups (broad SMARTS) is 1. The molecule has 0 spiro atoms. The molecule has 0 saturated heterocycles. The Kier molecular flexibility index (Phi) is 8.76. The molecule has 44 heavy (non-hydrogen) atoms. The minimum atomic E-state index is -1.00. The summed E-state index contributed by atoms with van der Waals surface area (Å²) in [4.78, 5) is 29.9. The fourth-order valence-electron chi connectivity index (χ4n) is 4.94. The van der Waals surface area contributed by atoms with Gasteiger partial charge in [-0.1, -0.05) is 38.1 Å². The van der Waals surface area contributed by atoms with Crippen LogP contribution in [0.25, 0.3) is 22.3 Å². The van der Waals surface area contributed by atoms with E-state index in [0.29, 0.717) is 39.4 Å². The van der Waals surface area contributed by atoms with Crippen LogP contribution < -0.4 is 19.8 Å². The SMILES string of the molecule is COc1cc(C=Nn2c(-c3cc(C(C)C)c(OC)cc3C)nc3ccccc3c2=O)ccc1OCc1cccc(C(=O)O)c1. The van der Waals surface area contributed by atoms with Gasteiger partial charge in [0, 0.05) is 5.56 Å². The molecule has 1 heterocycles. The molecule has 0 aliphatic heterocycles. The van der Waals surface area contributed by atoms with Crippen molar-refractivity contribution in [2.45, 2.75) is 33.3 Å². The summed E-state index contributed by atoms with van der Waals surface area (Å²) in [5.41, 5.74) is 4.53. The molecule has 5 rings (SSSR count). The highest BCUT2D eigenvalue weighted by atomic mass is 16.5. The van der Waals surface area contributed by atoms with Gasteiger partial charge >= 0.3 is 5.97 Å². The third-order valence-electron chi connectivity index (χ3n) is 7.27. The molecular weight excluding hydrogens is 558 g/mol. The van der Waals surface area contributed by atoms with Crippen LogP contribution in [0.5, 0.6) is 17.2 Å². The number of fused-ring (bicyclic) bond motifs is 1. The Hall–Kier alpha value is -5.44. The van der Waals surface area contributed by atoms with Crippen LogP contribution in [0, 0.1) is 6.92 Å². The second kappa shape index (κ2) is 12.8. The van der Waals surface area contributed by atoms with Gasteiger partial charge in [0.05, 0.1) is 36.9 Å².